The van der Waals surface area contributed by atoms with Crippen LogP contribution in [0.3, 0.4) is 0 Å². The minimum atomic E-state index is -0.00593. The summed E-state index contributed by atoms with van der Waals surface area (Å²) in [6, 6.07) is 17.5. The number of fused-ring (bicyclic) bond motifs is 1. The highest BCUT2D eigenvalue weighted by Gasteiger charge is 2.22. The third-order valence-corrected chi connectivity index (χ3v) is 6.36. The molecule has 1 amide bonds. The highest BCUT2D eigenvalue weighted by atomic mass is 16.5. The predicted molar refractivity (Wildman–Crippen MR) is 150 cm³/mol. The summed E-state index contributed by atoms with van der Waals surface area (Å²) >= 11 is 0. The van der Waals surface area contributed by atoms with Crippen molar-refractivity contribution in [3.8, 4) is 5.75 Å². The SMILES string of the molecule is C[C@@H]1CC[NH2+]c2c(cnc(N)c2C(=N)c2cccc(OCc3ccccc3)c2)/C=C/CCOCCC(=O)N1. The van der Waals surface area contributed by atoms with E-state index in [-0.39, 0.29) is 17.7 Å². The highest BCUT2D eigenvalue weighted by molar-refractivity contribution is 6.16. The van der Waals surface area contributed by atoms with Gasteiger partial charge in [0.05, 0.1) is 31.0 Å². The molecule has 1 atom stereocenters. The van der Waals surface area contributed by atoms with E-state index in [0.717, 1.165) is 23.2 Å². The van der Waals surface area contributed by atoms with E-state index in [1.165, 1.54) is 0 Å². The zero-order valence-corrected chi connectivity index (χ0v) is 21.8. The Balaban J connectivity index is 1.60. The number of ether oxygens (including phenoxy) is 2. The number of benzene rings is 2. The normalized spacial score (nSPS) is 17.8. The second kappa shape index (κ2) is 13.5. The summed E-state index contributed by atoms with van der Waals surface area (Å²) in [7, 11) is 0. The Hall–Kier alpha value is -4.01. The minimum absolute atomic E-state index is 0.00593. The van der Waals surface area contributed by atoms with Gasteiger partial charge in [0.25, 0.3) is 0 Å². The quantitative estimate of drug-likeness (QED) is 0.387. The molecule has 1 aromatic heterocycles. The first kappa shape index (κ1) is 27.0. The maximum atomic E-state index is 12.2. The van der Waals surface area contributed by atoms with Gasteiger partial charge in [-0.3, -0.25) is 10.2 Å². The van der Waals surface area contributed by atoms with E-state index in [9.17, 15) is 4.79 Å². The number of nitrogens with one attached hydrogen (secondary N) is 2. The number of nitrogens with two attached hydrogens (primary N) is 2. The number of hydrogen-bond acceptors (Lipinski definition) is 6. The van der Waals surface area contributed by atoms with Crippen LogP contribution in [-0.2, 0) is 16.1 Å². The van der Waals surface area contributed by atoms with E-state index >= 15 is 0 Å². The molecule has 2 aromatic carbocycles. The van der Waals surface area contributed by atoms with Gasteiger partial charge >= 0.3 is 0 Å². The van der Waals surface area contributed by atoms with E-state index in [0.29, 0.717) is 61.9 Å². The molecule has 2 heterocycles. The number of nitrogens with zero attached hydrogens (tertiary/aromatic N) is 1. The minimum Gasteiger partial charge on any atom is -0.489 e. The van der Waals surface area contributed by atoms with Crippen molar-refractivity contribution in [2.45, 2.75) is 38.8 Å². The summed E-state index contributed by atoms with van der Waals surface area (Å²) in [5.41, 5.74) is 10.8. The van der Waals surface area contributed by atoms with Crippen LogP contribution in [0.5, 0.6) is 5.75 Å². The van der Waals surface area contributed by atoms with Crippen LogP contribution in [0.25, 0.3) is 6.08 Å². The lowest BCUT2D eigenvalue weighted by Crippen LogP contribution is -2.79. The Kier molecular flexibility index (Phi) is 9.61. The lowest BCUT2D eigenvalue weighted by Gasteiger charge is -2.16. The lowest BCUT2D eigenvalue weighted by molar-refractivity contribution is -0.572. The molecule has 0 radical (unpaired) electrons. The molecule has 0 fully saturated rings. The van der Waals surface area contributed by atoms with Crippen molar-refractivity contribution in [1.29, 1.82) is 5.41 Å². The van der Waals surface area contributed by atoms with Crippen LogP contribution < -0.4 is 21.1 Å². The van der Waals surface area contributed by atoms with Gasteiger partial charge < -0.3 is 25.8 Å². The summed E-state index contributed by atoms with van der Waals surface area (Å²) in [5.74, 6) is 0.976. The average molecular weight is 515 g/mol. The Morgan fingerprint density at radius 3 is 2.89 bits per heavy atom. The monoisotopic (exact) mass is 514 g/mol. The summed E-state index contributed by atoms with van der Waals surface area (Å²) in [6.45, 7) is 4.08. The van der Waals surface area contributed by atoms with E-state index in [1.54, 1.807) is 6.20 Å². The molecule has 38 heavy (non-hydrogen) atoms. The number of rotatable bonds is 5. The molecule has 198 valence electrons. The van der Waals surface area contributed by atoms with Gasteiger partial charge in [-0.25, -0.2) is 4.98 Å². The molecule has 4 rings (SSSR count). The highest BCUT2D eigenvalue weighted by Crippen LogP contribution is 2.27. The van der Waals surface area contributed by atoms with Crippen LogP contribution in [0.1, 0.15) is 48.4 Å². The van der Waals surface area contributed by atoms with E-state index in [1.807, 2.05) is 73.7 Å². The Morgan fingerprint density at radius 2 is 2.05 bits per heavy atom. The molecule has 6 N–H and O–H groups in total. The number of nitrogen functional groups attached to an aromatic ring is 1. The van der Waals surface area contributed by atoms with Crippen molar-refractivity contribution in [1.82, 2.24) is 10.3 Å². The fraction of sp³-hybridized carbons (Fsp3) is 0.300. The molecule has 3 aromatic rings. The van der Waals surface area contributed by atoms with Crippen LogP contribution in [0.4, 0.5) is 11.5 Å². The topological polar surface area (TPSA) is 127 Å². The molecule has 0 saturated carbocycles. The molecule has 0 bridgehead atoms. The van der Waals surface area contributed by atoms with E-state index in [4.69, 9.17) is 20.6 Å². The van der Waals surface area contributed by atoms with Crippen molar-refractivity contribution in [2.24, 2.45) is 0 Å². The zero-order valence-electron chi connectivity index (χ0n) is 21.8. The van der Waals surface area contributed by atoms with Crippen molar-refractivity contribution in [2.75, 3.05) is 25.5 Å². The van der Waals surface area contributed by atoms with Crippen LogP contribution >= 0.6 is 0 Å². The number of pyridine rings is 1. The van der Waals surface area contributed by atoms with E-state index in [2.05, 4.69) is 15.6 Å². The van der Waals surface area contributed by atoms with Gasteiger partial charge in [0.15, 0.2) is 5.69 Å². The van der Waals surface area contributed by atoms with Gasteiger partial charge in [-0.1, -0.05) is 54.6 Å². The lowest BCUT2D eigenvalue weighted by atomic mass is 9.98. The molecule has 0 spiro atoms. The first-order valence-electron chi connectivity index (χ1n) is 13.0. The fourth-order valence-electron chi connectivity index (χ4n) is 4.32. The van der Waals surface area contributed by atoms with Crippen molar-refractivity contribution in [3.63, 3.8) is 0 Å². The molecule has 0 saturated heterocycles. The van der Waals surface area contributed by atoms with Gasteiger partial charge in [-0.2, -0.15) is 0 Å². The molecule has 0 aliphatic carbocycles. The molecule has 1 aliphatic heterocycles. The van der Waals surface area contributed by atoms with Crippen LogP contribution in [0.15, 0.2) is 66.9 Å². The third kappa shape index (κ3) is 7.50. The van der Waals surface area contributed by atoms with Gasteiger partial charge in [0, 0.05) is 30.6 Å². The van der Waals surface area contributed by atoms with Crippen molar-refractivity contribution >= 4 is 29.2 Å². The maximum Gasteiger partial charge on any atom is 0.222 e. The smallest absolute Gasteiger partial charge is 0.222 e. The van der Waals surface area contributed by atoms with Crippen molar-refractivity contribution in [3.05, 3.63) is 89.1 Å². The zero-order chi connectivity index (χ0) is 26.7. The van der Waals surface area contributed by atoms with Crippen molar-refractivity contribution < 1.29 is 19.6 Å². The number of carbonyl (C=O) groups excluding carboxylic acids is 1. The Labute approximate surface area is 223 Å². The molecule has 8 heteroatoms. The molecular formula is C30H36N5O3+. The van der Waals surface area contributed by atoms with Crippen LogP contribution in [0, 0.1) is 5.41 Å². The molecule has 1 aliphatic rings. The van der Waals surface area contributed by atoms with E-state index < -0.39 is 0 Å². The van der Waals surface area contributed by atoms with Gasteiger partial charge in [-0.05, 0) is 31.0 Å². The van der Waals surface area contributed by atoms with Gasteiger partial charge in [-0.15, -0.1) is 0 Å². The molecular weight excluding hydrogens is 478 g/mol. The average Bonchev–Trinajstić information content (AvgIpc) is 2.93. The second-order valence-electron chi connectivity index (χ2n) is 9.37. The first-order valence-corrected chi connectivity index (χ1v) is 13.0. The summed E-state index contributed by atoms with van der Waals surface area (Å²) in [6.07, 6.45) is 7.59. The number of amides is 1. The number of anilines is 1. The Morgan fingerprint density at radius 1 is 1.21 bits per heavy atom. The maximum absolute atomic E-state index is 12.2. The summed E-state index contributed by atoms with van der Waals surface area (Å²) in [4.78, 5) is 16.6. The summed E-state index contributed by atoms with van der Waals surface area (Å²) in [5, 5.41) is 14.2. The number of quaternary nitrogens is 1. The molecule has 0 unspecified atom stereocenters. The third-order valence-electron chi connectivity index (χ3n) is 6.36. The molecule has 8 nitrogen and oxygen atoms in total. The first-order chi connectivity index (χ1) is 18.5. The largest absolute Gasteiger partial charge is 0.489 e. The summed E-state index contributed by atoms with van der Waals surface area (Å²) < 4.78 is 11.6. The number of hydrogen-bond donors (Lipinski definition) is 4. The fourth-order valence-corrected chi connectivity index (χ4v) is 4.32. The standard InChI is InChI=1S/C30H35N5O3/c1-21-13-15-33-29-24(10-5-6-16-37-17-14-26(36)35-21)19-34-30(32)27(29)28(31)23-11-7-12-25(18-23)38-20-22-8-3-2-4-9-22/h2-5,7-12,18-19,21,31,33H,6,13-17,20H2,1H3,(H2,32,34)(H,35,36)/p+1/b10-5+,31-28?/t21-/m1/s1. The van der Waals surface area contributed by atoms with Crippen LogP contribution in [0.2, 0.25) is 0 Å². The van der Waals surface area contributed by atoms with Crippen LogP contribution in [-0.4, -0.2) is 42.4 Å². The second-order valence-corrected chi connectivity index (χ2v) is 9.37. The number of aromatic nitrogens is 1. The predicted octanol–water partition coefficient (Wildman–Crippen LogP) is 3.57. The Bertz CT molecular complexity index is 1280. The van der Waals surface area contributed by atoms with Gasteiger partial charge in [0.2, 0.25) is 5.91 Å². The van der Waals surface area contributed by atoms with Gasteiger partial charge in [0.1, 0.15) is 23.7 Å². The number of carbonyl (C=O) groups is 1.